The molecule has 2 aliphatic carbocycles. The number of nitrogens with zero attached hydrogens (tertiary/aromatic N) is 5. The average Bonchev–Trinajstić information content (AvgIpc) is 3.58. The van der Waals surface area contributed by atoms with Crippen molar-refractivity contribution in [2.24, 2.45) is 5.73 Å². The van der Waals surface area contributed by atoms with Crippen molar-refractivity contribution in [2.75, 3.05) is 23.7 Å². The fraction of sp³-hybridized carbons (Fsp3) is 0.621. The molecule has 37 heavy (non-hydrogen) atoms. The molecule has 2 aromatic heterocycles. The van der Waals surface area contributed by atoms with E-state index in [9.17, 15) is 0 Å². The van der Waals surface area contributed by atoms with E-state index >= 15 is 0 Å². The number of fused-ring (bicyclic) bond motifs is 1. The number of aryl methyl sites for hydroxylation is 1. The van der Waals surface area contributed by atoms with E-state index in [1.54, 1.807) is 0 Å². The first-order valence-electron chi connectivity index (χ1n) is 14.4. The van der Waals surface area contributed by atoms with Crippen molar-refractivity contribution in [3.05, 3.63) is 41.7 Å². The first kappa shape index (κ1) is 24.6. The fourth-order valence-electron chi connectivity index (χ4n) is 6.36. The van der Waals surface area contributed by atoms with Gasteiger partial charge in [-0.2, -0.15) is 9.97 Å². The summed E-state index contributed by atoms with van der Waals surface area (Å²) in [7, 11) is 0. The number of hydrogen-bond donors (Lipinski definition) is 3. The molecule has 8 heteroatoms. The minimum absolute atomic E-state index is 0.333. The van der Waals surface area contributed by atoms with Crippen LogP contribution in [0.2, 0.25) is 0 Å². The molecule has 0 atom stereocenters. The van der Waals surface area contributed by atoms with Gasteiger partial charge in [-0.15, -0.1) is 0 Å². The van der Waals surface area contributed by atoms with Gasteiger partial charge in [0.1, 0.15) is 0 Å². The summed E-state index contributed by atoms with van der Waals surface area (Å²) in [5.41, 5.74) is 10.7. The number of aromatic nitrogens is 4. The maximum atomic E-state index is 6.14. The van der Waals surface area contributed by atoms with E-state index in [0.717, 1.165) is 81.1 Å². The van der Waals surface area contributed by atoms with Crippen molar-refractivity contribution < 1.29 is 0 Å². The molecule has 3 aliphatic rings. The molecule has 1 saturated heterocycles. The van der Waals surface area contributed by atoms with Gasteiger partial charge in [0.2, 0.25) is 5.95 Å². The van der Waals surface area contributed by atoms with Crippen molar-refractivity contribution in [2.45, 2.75) is 102 Å². The number of nitrogens with two attached hydrogens (primary N) is 1. The van der Waals surface area contributed by atoms with E-state index in [0.29, 0.717) is 24.2 Å². The van der Waals surface area contributed by atoms with E-state index in [4.69, 9.17) is 20.7 Å². The molecular weight excluding hydrogens is 460 g/mol. The number of anilines is 2. The van der Waals surface area contributed by atoms with E-state index in [1.807, 2.05) is 6.33 Å². The van der Waals surface area contributed by atoms with Crippen LogP contribution in [-0.4, -0.2) is 55.6 Å². The molecule has 3 fully saturated rings. The zero-order valence-corrected chi connectivity index (χ0v) is 22.2. The van der Waals surface area contributed by atoms with Gasteiger partial charge < -0.3 is 20.9 Å². The number of piperidine rings is 1. The van der Waals surface area contributed by atoms with Crippen LogP contribution in [0.15, 0.2) is 30.6 Å². The van der Waals surface area contributed by atoms with Gasteiger partial charge in [0.15, 0.2) is 17.0 Å². The molecule has 3 heterocycles. The molecule has 6 rings (SSSR count). The summed E-state index contributed by atoms with van der Waals surface area (Å²) in [6.45, 7) is 5.34. The van der Waals surface area contributed by atoms with Crippen molar-refractivity contribution in [3.8, 4) is 0 Å². The van der Waals surface area contributed by atoms with E-state index in [2.05, 4.69) is 51.3 Å². The molecular formula is C29H42N8. The second kappa shape index (κ2) is 11.0. The van der Waals surface area contributed by atoms with Crippen LogP contribution in [0.3, 0.4) is 0 Å². The number of rotatable bonds is 7. The number of nitrogens with one attached hydrogen (secondary N) is 2. The smallest absolute Gasteiger partial charge is 0.227 e. The van der Waals surface area contributed by atoms with Gasteiger partial charge in [-0.25, -0.2) is 4.98 Å². The molecule has 0 spiro atoms. The van der Waals surface area contributed by atoms with E-state index in [1.165, 1.54) is 36.8 Å². The van der Waals surface area contributed by atoms with Gasteiger partial charge in [-0.1, -0.05) is 42.7 Å². The van der Waals surface area contributed by atoms with Crippen LogP contribution in [0, 0.1) is 6.92 Å². The molecule has 0 unspecified atom stereocenters. The molecule has 1 aromatic carbocycles. The normalized spacial score (nSPS) is 24.1. The topological polar surface area (TPSA) is 96.9 Å². The van der Waals surface area contributed by atoms with Crippen LogP contribution >= 0.6 is 0 Å². The first-order valence-corrected chi connectivity index (χ1v) is 14.4. The minimum atomic E-state index is 0.333. The zero-order valence-electron chi connectivity index (χ0n) is 22.2. The Balaban J connectivity index is 1.17. The quantitative estimate of drug-likeness (QED) is 0.418. The van der Waals surface area contributed by atoms with Crippen molar-refractivity contribution in [3.63, 3.8) is 0 Å². The summed E-state index contributed by atoms with van der Waals surface area (Å²) in [4.78, 5) is 17.4. The molecule has 4 N–H and O–H groups in total. The number of imidazole rings is 1. The zero-order chi connectivity index (χ0) is 25.2. The lowest BCUT2D eigenvalue weighted by atomic mass is 9.92. The molecule has 2 saturated carbocycles. The first-order chi connectivity index (χ1) is 18.1. The molecule has 1 aliphatic heterocycles. The Labute approximate surface area is 220 Å². The van der Waals surface area contributed by atoms with Crippen molar-refractivity contribution in [1.82, 2.24) is 24.4 Å². The highest BCUT2D eigenvalue weighted by molar-refractivity contribution is 5.84. The molecule has 198 valence electrons. The third-order valence-corrected chi connectivity index (χ3v) is 8.70. The van der Waals surface area contributed by atoms with Crippen molar-refractivity contribution >= 4 is 22.9 Å². The molecule has 0 amide bonds. The van der Waals surface area contributed by atoms with Crippen LogP contribution in [0.4, 0.5) is 11.8 Å². The van der Waals surface area contributed by atoms with Gasteiger partial charge in [0.05, 0.1) is 6.33 Å². The monoisotopic (exact) mass is 502 g/mol. The predicted molar refractivity (Wildman–Crippen MR) is 150 cm³/mol. The summed E-state index contributed by atoms with van der Waals surface area (Å²) < 4.78 is 2.31. The second-order valence-corrected chi connectivity index (χ2v) is 11.6. The number of benzene rings is 1. The highest BCUT2D eigenvalue weighted by Crippen LogP contribution is 2.34. The van der Waals surface area contributed by atoms with Crippen LogP contribution in [0.1, 0.15) is 81.4 Å². The summed E-state index contributed by atoms with van der Waals surface area (Å²) in [6, 6.07) is 10.5. The summed E-state index contributed by atoms with van der Waals surface area (Å²) >= 11 is 0. The summed E-state index contributed by atoms with van der Waals surface area (Å²) in [6.07, 6.45) is 13.5. The van der Waals surface area contributed by atoms with Crippen LogP contribution in [0.25, 0.3) is 11.2 Å². The maximum absolute atomic E-state index is 6.14. The molecule has 8 nitrogen and oxygen atoms in total. The average molecular weight is 503 g/mol. The summed E-state index contributed by atoms with van der Waals surface area (Å²) in [5, 5.41) is 7.44. The van der Waals surface area contributed by atoms with Crippen LogP contribution < -0.4 is 16.4 Å². The minimum Gasteiger partial charge on any atom is -0.365 e. The third kappa shape index (κ3) is 5.75. The fourth-order valence-corrected chi connectivity index (χ4v) is 6.36. The van der Waals surface area contributed by atoms with Gasteiger partial charge in [0.25, 0.3) is 0 Å². The van der Waals surface area contributed by atoms with E-state index in [-0.39, 0.29) is 0 Å². The van der Waals surface area contributed by atoms with Gasteiger partial charge >= 0.3 is 0 Å². The van der Waals surface area contributed by atoms with Gasteiger partial charge in [-0.3, -0.25) is 4.90 Å². The Morgan fingerprint density at radius 2 is 1.57 bits per heavy atom. The summed E-state index contributed by atoms with van der Waals surface area (Å²) in [5.74, 6) is 1.61. The van der Waals surface area contributed by atoms with Crippen LogP contribution in [-0.2, 0) is 6.54 Å². The van der Waals surface area contributed by atoms with Gasteiger partial charge in [-0.05, 0) is 63.9 Å². The lowest BCUT2D eigenvalue weighted by Crippen LogP contribution is -2.39. The highest BCUT2D eigenvalue weighted by Gasteiger charge is 2.26. The molecule has 3 aromatic rings. The Hall–Kier alpha value is -2.71. The lowest BCUT2D eigenvalue weighted by Gasteiger charge is -2.32. The largest absolute Gasteiger partial charge is 0.365 e. The SMILES string of the molecule is Cc1ccc(CN2CCC(Nc3nc(NC4CCC(N)CC4)nc4c3ncn4C3CCCC3)CC2)cc1. The maximum Gasteiger partial charge on any atom is 0.227 e. The predicted octanol–water partition coefficient (Wildman–Crippen LogP) is 5.01. The second-order valence-electron chi connectivity index (χ2n) is 11.6. The third-order valence-electron chi connectivity index (χ3n) is 8.70. The van der Waals surface area contributed by atoms with Gasteiger partial charge in [0, 0.05) is 43.8 Å². The van der Waals surface area contributed by atoms with E-state index < -0.39 is 0 Å². The standard InChI is InChI=1S/C29H42N8/c1-20-6-8-21(9-7-20)18-36-16-14-24(15-17-36)32-27-26-28(37(19-31-26)25-4-2-3-5-25)35-29(34-27)33-23-12-10-22(30)11-13-23/h6-9,19,22-25H,2-5,10-18,30H2,1H3,(H2,32,33,34,35). The van der Waals surface area contributed by atoms with Crippen molar-refractivity contribution in [1.29, 1.82) is 0 Å². The Morgan fingerprint density at radius 3 is 2.30 bits per heavy atom. The molecule has 0 bridgehead atoms. The lowest BCUT2D eigenvalue weighted by molar-refractivity contribution is 0.211. The highest BCUT2D eigenvalue weighted by atomic mass is 15.2. The number of hydrogen-bond acceptors (Lipinski definition) is 7. The molecule has 0 radical (unpaired) electrons. The Bertz CT molecular complexity index is 1170. The van der Waals surface area contributed by atoms with Crippen LogP contribution in [0.5, 0.6) is 0 Å². The number of likely N-dealkylation sites (tertiary alicyclic amines) is 1. The Kier molecular flexibility index (Phi) is 7.29. The Morgan fingerprint density at radius 1 is 0.865 bits per heavy atom.